The van der Waals surface area contributed by atoms with Gasteiger partial charge in [0.05, 0.1) is 17.3 Å². The molecule has 0 aromatic carbocycles. The summed E-state index contributed by atoms with van der Waals surface area (Å²) in [5.74, 6) is 0. The molecule has 0 aliphatic rings. The third kappa shape index (κ3) is 1.24. The van der Waals surface area contributed by atoms with Gasteiger partial charge >= 0.3 is 0 Å². The van der Waals surface area contributed by atoms with E-state index < -0.39 is 0 Å². The minimum atomic E-state index is 0.885. The second kappa shape index (κ2) is 2.19. The van der Waals surface area contributed by atoms with Gasteiger partial charge in [0.2, 0.25) is 0 Å². The van der Waals surface area contributed by atoms with E-state index in [2.05, 4.69) is 19.2 Å². The molecule has 0 fully saturated rings. The van der Waals surface area contributed by atoms with Crippen molar-refractivity contribution in [1.29, 1.82) is 0 Å². The van der Waals surface area contributed by atoms with Crippen LogP contribution in [0.1, 0.15) is 5.69 Å². The highest BCUT2D eigenvalue weighted by molar-refractivity contribution is 7.26. The Labute approximate surface area is 50.6 Å². The quantitative estimate of drug-likeness (QED) is 0.467. The van der Waals surface area contributed by atoms with E-state index in [0.717, 1.165) is 11.1 Å². The SMILES string of the molecule is Cc1cnc(P)cn1. The lowest BCUT2D eigenvalue weighted by atomic mass is 10.5. The van der Waals surface area contributed by atoms with Gasteiger partial charge in [0.25, 0.3) is 0 Å². The second-order valence-corrected chi connectivity index (χ2v) is 2.17. The van der Waals surface area contributed by atoms with Gasteiger partial charge < -0.3 is 0 Å². The first-order valence-electron chi connectivity index (χ1n) is 2.33. The molecule has 1 aromatic heterocycles. The Bertz CT molecular complexity index is 149. The van der Waals surface area contributed by atoms with Crippen molar-refractivity contribution < 1.29 is 0 Å². The van der Waals surface area contributed by atoms with E-state index >= 15 is 0 Å². The summed E-state index contributed by atoms with van der Waals surface area (Å²) in [6.45, 7) is 1.91. The van der Waals surface area contributed by atoms with E-state index in [1.165, 1.54) is 0 Å². The average Bonchev–Trinajstić information content (AvgIpc) is 1.77. The normalized spacial score (nSPS) is 9.25. The Morgan fingerprint density at radius 2 is 2.12 bits per heavy atom. The van der Waals surface area contributed by atoms with Crippen LogP contribution in [0.15, 0.2) is 12.4 Å². The summed E-state index contributed by atoms with van der Waals surface area (Å²) < 4.78 is 0. The molecular formula is C5H7N2P. The van der Waals surface area contributed by atoms with Crippen molar-refractivity contribution in [3.63, 3.8) is 0 Å². The Hall–Kier alpha value is -0.490. The Balaban J connectivity index is 3.03. The summed E-state index contributed by atoms with van der Waals surface area (Å²) in [6.07, 6.45) is 3.46. The maximum Gasteiger partial charge on any atom is 0.0751 e. The van der Waals surface area contributed by atoms with Gasteiger partial charge in [-0.15, -0.1) is 0 Å². The van der Waals surface area contributed by atoms with Gasteiger partial charge in [0, 0.05) is 6.20 Å². The molecule has 0 saturated heterocycles. The number of aryl methyl sites for hydroxylation is 1. The number of rotatable bonds is 0. The van der Waals surface area contributed by atoms with Crippen molar-refractivity contribution >= 4 is 14.7 Å². The minimum absolute atomic E-state index is 0.885. The molecule has 8 heavy (non-hydrogen) atoms. The summed E-state index contributed by atoms with van der Waals surface area (Å²) in [6, 6.07) is 0. The molecule has 1 rings (SSSR count). The lowest BCUT2D eigenvalue weighted by molar-refractivity contribution is 1.15. The zero-order chi connectivity index (χ0) is 5.98. The zero-order valence-electron chi connectivity index (χ0n) is 4.63. The van der Waals surface area contributed by atoms with Crippen molar-refractivity contribution in [1.82, 2.24) is 9.97 Å². The summed E-state index contributed by atoms with van der Waals surface area (Å²) in [4.78, 5) is 7.97. The molecule has 0 amide bonds. The standard InChI is InChI=1S/C5H7N2P/c1-4-2-7-5(8)3-6-4/h2-3H,8H2,1H3. The highest BCUT2D eigenvalue weighted by atomic mass is 31.0. The van der Waals surface area contributed by atoms with Crippen molar-refractivity contribution in [2.75, 3.05) is 0 Å². The topological polar surface area (TPSA) is 25.8 Å². The lowest BCUT2D eigenvalue weighted by Gasteiger charge is -1.88. The van der Waals surface area contributed by atoms with Crippen LogP contribution in [-0.4, -0.2) is 9.97 Å². The van der Waals surface area contributed by atoms with Gasteiger partial charge in [0.15, 0.2) is 0 Å². The smallest absolute Gasteiger partial charge is 0.0751 e. The van der Waals surface area contributed by atoms with E-state index in [0.29, 0.717) is 0 Å². The summed E-state index contributed by atoms with van der Waals surface area (Å²) in [5, 5.41) is 0. The zero-order valence-corrected chi connectivity index (χ0v) is 5.78. The van der Waals surface area contributed by atoms with Crippen LogP contribution in [-0.2, 0) is 0 Å². The molecule has 1 heterocycles. The van der Waals surface area contributed by atoms with Crippen molar-refractivity contribution in [3.05, 3.63) is 18.1 Å². The van der Waals surface area contributed by atoms with Crippen LogP contribution in [0, 0.1) is 6.92 Å². The number of aromatic nitrogens is 2. The molecular weight excluding hydrogens is 119 g/mol. The van der Waals surface area contributed by atoms with E-state index in [1.54, 1.807) is 12.4 Å². The monoisotopic (exact) mass is 126 g/mol. The van der Waals surface area contributed by atoms with Crippen molar-refractivity contribution in [2.24, 2.45) is 0 Å². The minimum Gasteiger partial charge on any atom is -0.258 e. The van der Waals surface area contributed by atoms with Crippen molar-refractivity contribution in [2.45, 2.75) is 6.92 Å². The van der Waals surface area contributed by atoms with Crippen LogP contribution in [0.3, 0.4) is 0 Å². The lowest BCUT2D eigenvalue weighted by Crippen LogP contribution is -1.97. The van der Waals surface area contributed by atoms with E-state index in [4.69, 9.17) is 0 Å². The maximum absolute atomic E-state index is 4.00. The van der Waals surface area contributed by atoms with Gasteiger partial charge in [-0.2, -0.15) is 0 Å². The van der Waals surface area contributed by atoms with Crippen LogP contribution in [0.25, 0.3) is 0 Å². The van der Waals surface area contributed by atoms with Crippen LogP contribution in [0.2, 0.25) is 0 Å². The molecule has 0 aliphatic carbocycles. The van der Waals surface area contributed by atoms with E-state index in [-0.39, 0.29) is 0 Å². The largest absolute Gasteiger partial charge is 0.258 e. The van der Waals surface area contributed by atoms with Gasteiger partial charge in [0.1, 0.15) is 0 Å². The molecule has 2 nitrogen and oxygen atoms in total. The molecule has 0 N–H and O–H groups in total. The second-order valence-electron chi connectivity index (χ2n) is 1.58. The van der Waals surface area contributed by atoms with Gasteiger partial charge in [-0.1, -0.05) is 9.24 Å². The first kappa shape index (κ1) is 5.64. The molecule has 0 radical (unpaired) electrons. The van der Waals surface area contributed by atoms with Gasteiger partial charge in [-0.3, -0.25) is 9.97 Å². The van der Waals surface area contributed by atoms with Crippen LogP contribution in [0.5, 0.6) is 0 Å². The first-order chi connectivity index (χ1) is 3.79. The fourth-order valence-electron chi connectivity index (χ4n) is 0.403. The molecule has 1 aromatic rings. The molecule has 1 unspecified atom stereocenters. The first-order valence-corrected chi connectivity index (χ1v) is 2.91. The van der Waals surface area contributed by atoms with Gasteiger partial charge in [-0.05, 0) is 6.92 Å². The Kier molecular flexibility index (Phi) is 1.54. The molecule has 0 bridgehead atoms. The number of nitrogens with zero attached hydrogens (tertiary/aromatic N) is 2. The van der Waals surface area contributed by atoms with Gasteiger partial charge in [-0.25, -0.2) is 0 Å². The fourth-order valence-corrected chi connectivity index (χ4v) is 0.552. The van der Waals surface area contributed by atoms with Crippen LogP contribution >= 0.6 is 9.24 Å². The molecule has 1 atom stereocenters. The average molecular weight is 126 g/mol. The molecule has 0 aliphatic heterocycles. The van der Waals surface area contributed by atoms with Crippen molar-refractivity contribution in [3.8, 4) is 0 Å². The summed E-state index contributed by atoms with van der Waals surface area (Å²) >= 11 is 0. The highest BCUT2D eigenvalue weighted by Gasteiger charge is 1.82. The number of hydrogen-bond acceptors (Lipinski definition) is 2. The predicted molar refractivity (Wildman–Crippen MR) is 36.1 cm³/mol. The third-order valence-electron chi connectivity index (χ3n) is 0.801. The maximum atomic E-state index is 4.00. The molecule has 0 spiro atoms. The third-order valence-corrected chi connectivity index (χ3v) is 1.10. The molecule has 42 valence electrons. The van der Waals surface area contributed by atoms with E-state index in [9.17, 15) is 0 Å². The predicted octanol–water partition coefficient (Wildman–Crippen LogP) is 0.285. The molecule has 0 saturated carbocycles. The fraction of sp³-hybridized carbons (Fsp3) is 0.200. The Morgan fingerprint density at radius 3 is 2.50 bits per heavy atom. The van der Waals surface area contributed by atoms with Crippen LogP contribution in [0.4, 0.5) is 0 Å². The number of hydrogen-bond donors (Lipinski definition) is 0. The highest BCUT2D eigenvalue weighted by Crippen LogP contribution is 1.84. The van der Waals surface area contributed by atoms with Crippen LogP contribution < -0.4 is 5.44 Å². The Morgan fingerprint density at radius 1 is 1.38 bits per heavy atom. The summed E-state index contributed by atoms with van der Waals surface area (Å²) in [5.41, 5.74) is 1.84. The molecule has 3 heteroatoms. The summed E-state index contributed by atoms with van der Waals surface area (Å²) in [7, 11) is 2.48. The van der Waals surface area contributed by atoms with E-state index in [1.807, 2.05) is 6.92 Å².